The first-order valence-electron chi connectivity index (χ1n) is 5.82. The second kappa shape index (κ2) is 4.00. The van der Waals surface area contributed by atoms with Crippen LogP contribution in [0.3, 0.4) is 0 Å². The largest absolute Gasteiger partial charge is 0.477 e. The Bertz CT molecular complexity index is 420. The van der Waals surface area contributed by atoms with E-state index in [1.807, 2.05) is 6.07 Å². The van der Waals surface area contributed by atoms with Crippen molar-refractivity contribution in [1.82, 2.24) is 4.98 Å². The summed E-state index contributed by atoms with van der Waals surface area (Å²) in [5.74, 6) is -0.987. The highest BCUT2D eigenvalue weighted by Crippen LogP contribution is 2.29. The molecular formula is C12H14N2O3. The van der Waals surface area contributed by atoms with Crippen LogP contribution in [0.2, 0.25) is 0 Å². The first-order valence-corrected chi connectivity index (χ1v) is 5.82. The van der Waals surface area contributed by atoms with Crippen LogP contribution in [-0.4, -0.2) is 41.4 Å². The Kier molecular flexibility index (Phi) is 2.48. The molecule has 5 heteroatoms. The molecule has 2 unspecified atom stereocenters. The van der Waals surface area contributed by atoms with Crippen molar-refractivity contribution in [2.75, 3.05) is 18.0 Å². The summed E-state index contributed by atoms with van der Waals surface area (Å²) in [4.78, 5) is 16.9. The molecule has 2 aliphatic rings. The van der Waals surface area contributed by atoms with Crippen LogP contribution >= 0.6 is 0 Å². The van der Waals surface area contributed by atoms with Gasteiger partial charge in [-0.2, -0.15) is 0 Å². The van der Waals surface area contributed by atoms with Crippen LogP contribution in [-0.2, 0) is 4.74 Å². The average Bonchev–Trinajstić information content (AvgIpc) is 2.68. The van der Waals surface area contributed by atoms with Crippen LogP contribution in [0.5, 0.6) is 0 Å². The third-order valence-electron chi connectivity index (χ3n) is 3.38. The maximum atomic E-state index is 10.7. The number of anilines is 1. The van der Waals surface area contributed by atoms with Gasteiger partial charge in [0.2, 0.25) is 0 Å². The summed E-state index contributed by atoms with van der Waals surface area (Å²) in [5, 5.41) is 8.78. The van der Waals surface area contributed by atoms with Gasteiger partial charge in [-0.05, 0) is 25.0 Å². The maximum Gasteiger partial charge on any atom is 0.354 e. The molecule has 0 aromatic carbocycles. The summed E-state index contributed by atoms with van der Waals surface area (Å²) in [5.41, 5.74) is 1.07. The van der Waals surface area contributed by atoms with Crippen LogP contribution in [0.4, 0.5) is 5.69 Å². The molecule has 1 aromatic heterocycles. The van der Waals surface area contributed by atoms with Gasteiger partial charge in [-0.1, -0.05) is 0 Å². The summed E-state index contributed by atoms with van der Waals surface area (Å²) in [6.45, 7) is 1.76. The number of rotatable bonds is 2. The van der Waals surface area contributed by atoms with Gasteiger partial charge in [-0.25, -0.2) is 9.78 Å². The number of hydrogen-bond acceptors (Lipinski definition) is 4. The van der Waals surface area contributed by atoms with Crippen LogP contribution in [0, 0.1) is 0 Å². The number of carboxylic acids is 1. The third kappa shape index (κ3) is 1.98. The molecule has 1 aromatic rings. The topological polar surface area (TPSA) is 62.7 Å². The molecular weight excluding hydrogens is 220 g/mol. The number of ether oxygens (including phenoxy) is 1. The molecule has 0 spiro atoms. The quantitative estimate of drug-likeness (QED) is 0.831. The van der Waals surface area contributed by atoms with Gasteiger partial charge in [-0.15, -0.1) is 0 Å². The Morgan fingerprint density at radius 2 is 2.06 bits per heavy atom. The van der Waals surface area contributed by atoms with E-state index in [1.165, 1.54) is 0 Å². The molecule has 17 heavy (non-hydrogen) atoms. The zero-order chi connectivity index (χ0) is 11.8. The Labute approximate surface area is 99.0 Å². The molecule has 2 bridgehead atoms. The number of carboxylic acid groups (broad SMARTS) is 1. The van der Waals surface area contributed by atoms with Gasteiger partial charge in [0, 0.05) is 13.1 Å². The average molecular weight is 234 g/mol. The first-order chi connectivity index (χ1) is 8.22. The molecule has 0 saturated carbocycles. The Balaban J connectivity index is 1.78. The summed E-state index contributed by atoms with van der Waals surface area (Å²) >= 11 is 0. The highest BCUT2D eigenvalue weighted by Gasteiger charge is 2.33. The van der Waals surface area contributed by atoms with Crippen molar-refractivity contribution in [3.05, 3.63) is 24.0 Å². The van der Waals surface area contributed by atoms with Gasteiger partial charge in [0.25, 0.3) is 0 Å². The molecule has 0 aliphatic carbocycles. The van der Waals surface area contributed by atoms with Gasteiger partial charge in [0.05, 0.1) is 24.1 Å². The molecule has 90 valence electrons. The SMILES string of the molecule is O=C(O)c1ccc(N2CC3CCC(C2)O3)cn1. The molecule has 2 saturated heterocycles. The van der Waals surface area contributed by atoms with Crippen molar-refractivity contribution in [2.24, 2.45) is 0 Å². The van der Waals surface area contributed by atoms with Gasteiger partial charge >= 0.3 is 5.97 Å². The van der Waals surface area contributed by atoms with E-state index < -0.39 is 5.97 Å². The number of nitrogens with zero attached hydrogens (tertiary/aromatic N) is 2. The first kappa shape index (κ1) is 10.5. The number of morpholine rings is 1. The fourth-order valence-corrected chi connectivity index (χ4v) is 2.53. The summed E-state index contributed by atoms with van der Waals surface area (Å²) in [6, 6.07) is 3.37. The number of aromatic carboxylic acids is 1. The normalized spacial score (nSPS) is 27.2. The Hall–Kier alpha value is -1.62. The van der Waals surface area contributed by atoms with E-state index in [2.05, 4.69) is 9.88 Å². The summed E-state index contributed by atoms with van der Waals surface area (Å²) < 4.78 is 5.75. The molecule has 0 amide bonds. The van der Waals surface area contributed by atoms with E-state index in [4.69, 9.17) is 9.84 Å². The van der Waals surface area contributed by atoms with Crippen molar-refractivity contribution in [2.45, 2.75) is 25.0 Å². The molecule has 2 aliphatic heterocycles. The van der Waals surface area contributed by atoms with Crippen molar-refractivity contribution < 1.29 is 14.6 Å². The molecule has 3 rings (SSSR count). The maximum absolute atomic E-state index is 10.7. The van der Waals surface area contributed by atoms with Crippen molar-refractivity contribution >= 4 is 11.7 Å². The number of fused-ring (bicyclic) bond motifs is 2. The molecule has 3 heterocycles. The lowest BCUT2D eigenvalue weighted by atomic mass is 10.2. The number of hydrogen-bond donors (Lipinski definition) is 1. The smallest absolute Gasteiger partial charge is 0.354 e. The monoisotopic (exact) mass is 234 g/mol. The van der Waals surface area contributed by atoms with Gasteiger partial charge < -0.3 is 14.7 Å². The zero-order valence-electron chi connectivity index (χ0n) is 9.37. The standard InChI is InChI=1S/C12H14N2O3/c15-12(16)11-4-1-8(5-13-11)14-6-9-2-3-10(7-14)17-9/h1,4-5,9-10H,2-3,6-7H2,(H,15,16). The van der Waals surface area contributed by atoms with Gasteiger partial charge in [-0.3, -0.25) is 0 Å². The number of pyridine rings is 1. The molecule has 5 nitrogen and oxygen atoms in total. The highest BCUT2D eigenvalue weighted by atomic mass is 16.5. The molecule has 0 radical (unpaired) electrons. The van der Waals surface area contributed by atoms with Crippen molar-refractivity contribution in [3.8, 4) is 0 Å². The van der Waals surface area contributed by atoms with Gasteiger partial charge in [0.1, 0.15) is 5.69 Å². The Morgan fingerprint density at radius 3 is 2.59 bits per heavy atom. The van der Waals surface area contributed by atoms with Gasteiger partial charge in [0.15, 0.2) is 0 Å². The third-order valence-corrected chi connectivity index (χ3v) is 3.38. The zero-order valence-corrected chi connectivity index (χ0v) is 9.37. The van der Waals surface area contributed by atoms with E-state index >= 15 is 0 Å². The highest BCUT2D eigenvalue weighted by molar-refractivity contribution is 5.85. The van der Waals surface area contributed by atoms with E-state index in [0.717, 1.165) is 31.6 Å². The van der Waals surface area contributed by atoms with E-state index in [0.29, 0.717) is 12.2 Å². The lowest BCUT2D eigenvalue weighted by Gasteiger charge is -2.33. The van der Waals surface area contributed by atoms with E-state index in [1.54, 1.807) is 12.3 Å². The van der Waals surface area contributed by atoms with Crippen molar-refractivity contribution in [1.29, 1.82) is 0 Å². The molecule has 2 atom stereocenters. The van der Waals surface area contributed by atoms with Crippen LogP contribution in [0.15, 0.2) is 18.3 Å². The minimum absolute atomic E-state index is 0.0879. The summed E-state index contributed by atoms with van der Waals surface area (Å²) in [7, 11) is 0. The number of carbonyl (C=O) groups is 1. The number of aromatic nitrogens is 1. The van der Waals surface area contributed by atoms with E-state index in [9.17, 15) is 4.79 Å². The molecule has 1 N–H and O–H groups in total. The Morgan fingerprint density at radius 1 is 1.35 bits per heavy atom. The van der Waals surface area contributed by atoms with Crippen LogP contribution < -0.4 is 4.90 Å². The fourth-order valence-electron chi connectivity index (χ4n) is 2.53. The predicted molar refractivity (Wildman–Crippen MR) is 61.3 cm³/mol. The fraction of sp³-hybridized carbons (Fsp3) is 0.500. The van der Waals surface area contributed by atoms with E-state index in [-0.39, 0.29) is 5.69 Å². The second-order valence-corrected chi connectivity index (χ2v) is 4.57. The second-order valence-electron chi connectivity index (χ2n) is 4.57. The lowest BCUT2D eigenvalue weighted by molar-refractivity contribution is 0.0304. The minimum atomic E-state index is -0.987. The predicted octanol–water partition coefficient (Wildman–Crippen LogP) is 1.15. The summed E-state index contributed by atoms with van der Waals surface area (Å²) in [6.07, 6.45) is 4.54. The van der Waals surface area contributed by atoms with Crippen LogP contribution in [0.25, 0.3) is 0 Å². The van der Waals surface area contributed by atoms with Crippen molar-refractivity contribution in [3.63, 3.8) is 0 Å². The van der Waals surface area contributed by atoms with Crippen LogP contribution in [0.1, 0.15) is 23.3 Å². The molecule has 2 fully saturated rings. The minimum Gasteiger partial charge on any atom is -0.477 e. The lowest BCUT2D eigenvalue weighted by Crippen LogP contribution is -2.42.